The Balaban J connectivity index is 2.01. The van der Waals surface area contributed by atoms with E-state index < -0.39 is 0 Å². The molecule has 0 aliphatic carbocycles. The number of hydrogen-bond acceptors (Lipinski definition) is 5. The van der Waals surface area contributed by atoms with E-state index in [9.17, 15) is 0 Å². The predicted octanol–water partition coefficient (Wildman–Crippen LogP) is 0.888. The Hall–Kier alpha value is -2.11. The molecule has 90 valence electrons. The summed E-state index contributed by atoms with van der Waals surface area (Å²) >= 11 is 0. The van der Waals surface area contributed by atoms with Gasteiger partial charge in [0, 0.05) is 45.6 Å². The van der Waals surface area contributed by atoms with Gasteiger partial charge in [0.1, 0.15) is 5.82 Å². The molecule has 0 aliphatic heterocycles. The minimum absolute atomic E-state index is 0.696. The first-order valence-electron chi connectivity index (χ1n) is 5.37. The zero-order valence-electron chi connectivity index (χ0n) is 10.3. The van der Waals surface area contributed by atoms with Crippen LogP contribution in [0.15, 0.2) is 24.7 Å². The standard InChI is InChI=1S/C11H16N6/c1-16(2)11-12-5-4-10(15-11)13-6-9-7-14-17(3)8-9/h4-5,7-8H,6H2,1-3H3,(H,12,13,15). The van der Waals surface area contributed by atoms with E-state index in [1.807, 2.05) is 44.5 Å². The first-order chi connectivity index (χ1) is 8.15. The van der Waals surface area contributed by atoms with Gasteiger partial charge in [-0.2, -0.15) is 10.1 Å². The minimum Gasteiger partial charge on any atom is -0.366 e. The van der Waals surface area contributed by atoms with E-state index in [-0.39, 0.29) is 0 Å². The largest absolute Gasteiger partial charge is 0.366 e. The van der Waals surface area contributed by atoms with Crippen LogP contribution < -0.4 is 10.2 Å². The van der Waals surface area contributed by atoms with Gasteiger partial charge in [-0.15, -0.1) is 0 Å². The molecule has 0 saturated carbocycles. The molecule has 2 aromatic rings. The lowest BCUT2D eigenvalue weighted by molar-refractivity contribution is 0.767. The zero-order chi connectivity index (χ0) is 12.3. The van der Waals surface area contributed by atoms with Crippen LogP contribution >= 0.6 is 0 Å². The lowest BCUT2D eigenvalue weighted by Gasteiger charge is -2.11. The van der Waals surface area contributed by atoms with Crippen molar-refractivity contribution in [1.82, 2.24) is 19.7 Å². The van der Waals surface area contributed by atoms with Gasteiger partial charge in [-0.3, -0.25) is 4.68 Å². The van der Waals surface area contributed by atoms with Crippen LogP contribution in [0.3, 0.4) is 0 Å². The average molecular weight is 232 g/mol. The Morgan fingerprint density at radius 1 is 1.41 bits per heavy atom. The molecule has 0 fully saturated rings. The minimum atomic E-state index is 0.696. The molecule has 2 aromatic heterocycles. The summed E-state index contributed by atoms with van der Waals surface area (Å²) in [6, 6.07) is 1.85. The molecule has 1 N–H and O–H groups in total. The summed E-state index contributed by atoms with van der Waals surface area (Å²) in [5.41, 5.74) is 1.12. The highest BCUT2D eigenvalue weighted by molar-refractivity contribution is 5.40. The SMILES string of the molecule is CN(C)c1nccc(NCc2cnn(C)c2)n1. The number of aromatic nitrogens is 4. The molecule has 0 amide bonds. The second-order valence-electron chi connectivity index (χ2n) is 4.01. The molecule has 2 rings (SSSR count). The van der Waals surface area contributed by atoms with Crippen LogP contribution in [0.2, 0.25) is 0 Å². The van der Waals surface area contributed by atoms with Crippen molar-refractivity contribution in [2.45, 2.75) is 6.54 Å². The monoisotopic (exact) mass is 232 g/mol. The molecule has 0 spiro atoms. The maximum Gasteiger partial charge on any atom is 0.226 e. The fraction of sp³-hybridized carbons (Fsp3) is 0.364. The van der Waals surface area contributed by atoms with Gasteiger partial charge in [-0.25, -0.2) is 4.98 Å². The fourth-order valence-corrected chi connectivity index (χ4v) is 1.42. The van der Waals surface area contributed by atoms with E-state index in [1.54, 1.807) is 10.9 Å². The van der Waals surface area contributed by atoms with Crippen molar-refractivity contribution in [2.75, 3.05) is 24.3 Å². The third-order valence-corrected chi connectivity index (χ3v) is 2.27. The van der Waals surface area contributed by atoms with Gasteiger partial charge in [-0.1, -0.05) is 0 Å². The molecule has 6 nitrogen and oxygen atoms in total. The van der Waals surface area contributed by atoms with Gasteiger partial charge in [-0.05, 0) is 6.07 Å². The van der Waals surface area contributed by atoms with Gasteiger partial charge in [0.05, 0.1) is 6.20 Å². The van der Waals surface area contributed by atoms with Crippen LogP contribution in [0.4, 0.5) is 11.8 Å². The van der Waals surface area contributed by atoms with E-state index >= 15 is 0 Å². The summed E-state index contributed by atoms with van der Waals surface area (Å²) in [7, 11) is 5.73. The zero-order valence-corrected chi connectivity index (χ0v) is 10.3. The molecule has 0 bridgehead atoms. The number of aryl methyl sites for hydroxylation is 1. The molecular formula is C11H16N6. The highest BCUT2D eigenvalue weighted by atomic mass is 15.2. The number of nitrogens with zero attached hydrogens (tertiary/aromatic N) is 5. The number of anilines is 2. The van der Waals surface area contributed by atoms with E-state index in [0.717, 1.165) is 11.4 Å². The van der Waals surface area contributed by atoms with Crippen LogP contribution in [-0.2, 0) is 13.6 Å². The van der Waals surface area contributed by atoms with Crippen molar-refractivity contribution in [3.8, 4) is 0 Å². The van der Waals surface area contributed by atoms with Gasteiger partial charge in [0.25, 0.3) is 0 Å². The third-order valence-electron chi connectivity index (χ3n) is 2.27. The van der Waals surface area contributed by atoms with Crippen molar-refractivity contribution in [3.63, 3.8) is 0 Å². The first-order valence-corrected chi connectivity index (χ1v) is 5.37. The molecule has 0 saturated heterocycles. The van der Waals surface area contributed by atoms with Crippen LogP contribution in [0.25, 0.3) is 0 Å². The van der Waals surface area contributed by atoms with Crippen LogP contribution in [0.5, 0.6) is 0 Å². The maximum absolute atomic E-state index is 4.37. The Morgan fingerprint density at radius 3 is 2.88 bits per heavy atom. The van der Waals surface area contributed by atoms with E-state index in [4.69, 9.17) is 0 Å². The van der Waals surface area contributed by atoms with Crippen LogP contribution in [0.1, 0.15) is 5.56 Å². The second-order valence-corrected chi connectivity index (χ2v) is 4.01. The molecule has 0 aromatic carbocycles. The second kappa shape index (κ2) is 4.82. The molecule has 17 heavy (non-hydrogen) atoms. The van der Waals surface area contributed by atoms with Crippen molar-refractivity contribution >= 4 is 11.8 Å². The topological polar surface area (TPSA) is 58.9 Å². The molecule has 0 unspecified atom stereocenters. The fourth-order valence-electron chi connectivity index (χ4n) is 1.42. The first kappa shape index (κ1) is 11.4. The Morgan fingerprint density at radius 2 is 2.24 bits per heavy atom. The molecule has 0 radical (unpaired) electrons. The maximum atomic E-state index is 4.37. The normalized spacial score (nSPS) is 10.3. The number of rotatable bonds is 4. The van der Waals surface area contributed by atoms with Gasteiger partial charge < -0.3 is 10.2 Å². The van der Waals surface area contributed by atoms with Gasteiger partial charge in [0.2, 0.25) is 5.95 Å². The molecular weight excluding hydrogens is 216 g/mol. The predicted molar refractivity (Wildman–Crippen MR) is 66.9 cm³/mol. The number of hydrogen-bond donors (Lipinski definition) is 1. The summed E-state index contributed by atoms with van der Waals surface area (Å²) in [4.78, 5) is 10.4. The smallest absolute Gasteiger partial charge is 0.226 e. The Labute approximate surface area is 100 Å². The average Bonchev–Trinajstić information content (AvgIpc) is 2.73. The molecule has 6 heteroatoms. The van der Waals surface area contributed by atoms with E-state index in [0.29, 0.717) is 12.5 Å². The van der Waals surface area contributed by atoms with E-state index in [2.05, 4.69) is 20.4 Å². The van der Waals surface area contributed by atoms with Crippen LogP contribution in [0, 0.1) is 0 Å². The van der Waals surface area contributed by atoms with E-state index in [1.165, 1.54) is 0 Å². The highest BCUT2D eigenvalue weighted by Crippen LogP contribution is 2.09. The summed E-state index contributed by atoms with van der Waals surface area (Å²) < 4.78 is 1.78. The molecule has 2 heterocycles. The summed E-state index contributed by atoms with van der Waals surface area (Å²) in [5, 5.41) is 7.35. The lowest BCUT2D eigenvalue weighted by Crippen LogP contribution is -2.13. The summed E-state index contributed by atoms with van der Waals surface area (Å²) in [6.07, 6.45) is 5.55. The van der Waals surface area contributed by atoms with Crippen LogP contribution in [-0.4, -0.2) is 33.8 Å². The molecule has 0 aliphatic rings. The third kappa shape index (κ3) is 2.93. The van der Waals surface area contributed by atoms with Gasteiger partial charge >= 0.3 is 0 Å². The molecule has 0 atom stereocenters. The van der Waals surface area contributed by atoms with Crippen molar-refractivity contribution in [2.24, 2.45) is 7.05 Å². The Kier molecular flexibility index (Phi) is 3.22. The summed E-state index contributed by atoms with van der Waals surface area (Å²) in [6.45, 7) is 0.706. The Bertz CT molecular complexity index is 490. The highest BCUT2D eigenvalue weighted by Gasteiger charge is 2.01. The van der Waals surface area contributed by atoms with Gasteiger partial charge in [0.15, 0.2) is 0 Å². The lowest BCUT2D eigenvalue weighted by atomic mass is 10.3. The summed E-state index contributed by atoms with van der Waals surface area (Å²) in [5.74, 6) is 1.51. The number of nitrogens with one attached hydrogen (secondary N) is 1. The van der Waals surface area contributed by atoms with Crippen molar-refractivity contribution in [3.05, 3.63) is 30.2 Å². The van der Waals surface area contributed by atoms with Crippen molar-refractivity contribution < 1.29 is 0 Å². The quantitative estimate of drug-likeness (QED) is 0.848. The van der Waals surface area contributed by atoms with Crippen molar-refractivity contribution in [1.29, 1.82) is 0 Å².